The van der Waals surface area contributed by atoms with E-state index in [1.54, 1.807) is 0 Å². The molecule has 0 aliphatic heterocycles. The lowest BCUT2D eigenvalue weighted by Crippen LogP contribution is -2.02. The van der Waals surface area contributed by atoms with Crippen molar-refractivity contribution in [1.82, 2.24) is 4.98 Å². The lowest BCUT2D eigenvalue weighted by atomic mass is 9.94. The number of allylic oxidation sites excluding steroid dienone is 2. The van der Waals surface area contributed by atoms with Crippen molar-refractivity contribution in [3.05, 3.63) is 35.7 Å². The molecule has 1 aromatic rings. The lowest BCUT2D eigenvalue weighted by Gasteiger charge is -2.14. The maximum atomic E-state index is 4.59. The molecule has 1 saturated carbocycles. The van der Waals surface area contributed by atoms with E-state index in [4.69, 9.17) is 0 Å². The van der Waals surface area contributed by atoms with Gasteiger partial charge < -0.3 is 0 Å². The number of pyridine rings is 1. The molecule has 1 fully saturated rings. The first kappa shape index (κ1) is 14.3. The highest BCUT2D eigenvalue weighted by Crippen LogP contribution is 2.29. The SMILES string of the molecule is CC/C=C(/c1cc(CC2CCCC2)ccn1)C(C)C. The standard InChI is InChI=1S/C18H27N/c1-4-7-17(14(2)3)18-13-16(10-11-19-18)12-15-8-5-6-9-15/h7,10-11,13-15H,4-6,8-9,12H2,1-3H3/b17-7+. The topological polar surface area (TPSA) is 12.9 Å². The molecule has 1 aromatic heterocycles. The van der Waals surface area contributed by atoms with Gasteiger partial charge in [0, 0.05) is 6.20 Å². The Bertz CT molecular complexity index is 425. The van der Waals surface area contributed by atoms with Crippen LogP contribution in [-0.4, -0.2) is 4.98 Å². The van der Waals surface area contributed by atoms with Crippen LogP contribution in [0.1, 0.15) is 64.1 Å². The first-order valence-corrected chi connectivity index (χ1v) is 7.86. The molecule has 0 atom stereocenters. The maximum absolute atomic E-state index is 4.59. The molecule has 2 rings (SSSR count). The van der Waals surface area contributed by atoms with Crippen LogP contribution in [0, 0.1) is 11.8 Å². The molecule has 1 heterocycles. The van der Waals surface area contributed by atoms with Crippen LogP contribution in [0.3, 0.4) is 0 Å². The average Bonchev–Trinajstić information content (AvgIpc) is 2.88. The van der Waals surface area contributed by atoms with Crippen molar-refractivity contribution in [3.63, 3.8) is 0 Å². The van der Waals surface area contributed by atoms with Gasteiger partial charge in [-0.2, -0.15) is 0 Å². The Hall–Kier alpha value is -1.11. The van der Waals surface area contributed by atoms with Crippen LogP contribution >= 0.6 is 0 Å². The lowest BCUT2D eigenvalue weighted by molar-refractivity contribution is 0.546. The van der Waals surface area contributed by atoms with Gasteiger partial charge in [-0.25, -0.2) is 0 Å². The molecule has 0 aromatic carbocycles. The van der Waals surface area contributed by atoms with E-state index in [-0.39, 0.29) is 0 Å². The molecule has 104 valence electrons. The molecule has 0 saturated heterocycles. The van der Waals surface area contributed by atoms with Crippen LogP contribution in [0.2, 0.25) is 0 Å². The quantitative estimate of drug-likeness (QED) is 0.700. The summed E-state index contributed by atoms with van der Waals surface area (Å²) >= 11 is 0. The molecule has 19 heavy (non-hydrogen) atoms. The summed E-state index contributed by atoms with van der Waals surface area (Å²) in [5.41, 5.74) is 4.06. The third-order valence-electron chi connectivity index (χ3n) is 4.17. The molecular weight excluding hydrogens is 230 g/mol. The summed E-state index contributed by atoms with van der Waals surface area (Å²) in [7, 11) is 0. The molecule has 0 bridgehead atoms. The highest BCUT2D eigenvalue weighted by atomic mass is 14.7. The Labute approximate surface area is 118 Å². The Balaban J connectivity index is 2.15. The van der Waals surface area contributed by atoms with Gasteiger partial charge in [0.15, 0.2) is 0 Å². The summed E-state index contributed by atoms with van der Waals surface area (Å²) in [6, 6.07) is 4.52. The number of aromatic nitrogens is 1. The summed E-state index contributed by atoms with van der Waals surface area (Å²) in [6.45, 7) is 6.71. The van der Waals surface area contributed by atoms with E-state index in [0.29, 0.717) is 5.92 Å². The first-order chi connectivity index (χ1) is 9.20. The zero-order chi connectivity index (χ0) is 13.7. The van der Waals surface area contributed by atoms with E-state index in [1.807, 2.05) is 6.20 Å². The normalized spacial score (nSPS) is 17.4. The van der Waals surface area contributed by atoms with Gasteiger partial charge in [0.1, 0.15) is 0 Å². The second-order valence-electron chi connectivity index (χ2n) is 6.13. The molecule has 0 N–H and O–H groups in total. The van der Waals surface area contributed by atoms with Crippen LogP contribution in [-0.2, 0) is 6.42 Å². The predicted molar refractivity (Wildman–Crippen MR) is 83.0 cm³/mol. The van der Waals surface area contributed by atoms with E-state index in [2.05, 4.69) is 44.0 Å². The van der Waals surface area contributed by atoms with E-state index < -0.39 is 0 Å². The third-order valence-corrected chi connectivity index (χ3v) is 4.17. The summed E-state index contributed by atoms with van der Waals surface area (Å²) in [5.74, 6) is 1.46. The van der Waals surface area contributed by atoms with E-state index in [1.165, 1.54) is 48.9 Å². The van der Waals surface area contributed by atoms with Crippen molar-refractivity contribution in [3.8, 4) is 0 Å². The Morgan fingerprint density at radius 1 is 1.37 bits per heavy atom. The zero-order valence-corrected chi connectivity index (χ0v) is 12.7. The predicted octanol–water partition coefficient (Wildman–Crippen LogP) is 5.26. The largest absolute Gasteiger partial charge is 0.257 e. The van der Waals surface area contributed by atoms with Gasteiger partial charge >= 0.3 is 0 Å². The fourth-order valence-corrected chi connectivity index (χ4v) is 3.16. The molecular formula is C18H27N. The minimum absolute atomic E-state index is 0.550. The van der Waals surface area contributed by atoms with Gasteiger partial charge in [0.2, 0.25) is 0 Å². The fraction of sp³-hybridized carbons (Fsp3) is 0.611. The second-order valence-corrected chi connectivity index (χ2v) is 6.13. The molecule has 1 aliphatic carbocycles. The van der Waals surface area contributed by atoms with Crippen molar-refractivity contribution in [2.24, 2.45) is 11.8 Å². The van der Waals surface area contributed by atoms with Crippen LogP contribution in [0.5, 0.6) is 0 Å². The molecule has 0 unspecified atom stereocenters. The van der Waals surface area contributed by atoms with Crippen LogP contribution in [0.15, 0.2) is 24.4 Å². The summed E-state index contributed by atoms with van der Waals surface area (Å²) in [6.07, 6.45) is 12.3. The molecule has 1 aliphatic rings. The summed E-state index contributed by atoms with van der Waals surface area (Å²) < 4.78 is 0. The van der Waals surface area contributed by atoms with Gasteiger partial charge in [-0.05, 0) is 47.9 Å². The highest BCUT2D eigenvalue weighted by molar-refractivity contribution is 5.64. The molecule has 1 heteroatoms. The maximum Gasteiger partial charge on any atom is 0.0663 e. The van der Waals surface area contributed by atoms with E-state index in [0.717, 1.165) is 12.3 Å². The smallest absolute Gasteiger partial charge is 0.0663 e. The van der Waals surface area contributed by atoms with Crippen molar-refractivity contribution < 1.29 is 0 Å². The first-order valence-electron chi connectivity index (χ1n) is 7.86. The number of hydrogen-bond acceptors (Lipinski definition) is 1. The minimum Gasteiger partial charge on any atom is -0.257 e. The fourth-order valence-electron chi connectivity index (χ4n) is 3.16. The van der Waals surface area contributed by atoms with Gasteiger partial charge in [-0.1, -0.05) is 52.5 Å². The van der Waals surface area contributed by atoms with Crippen molar-refractivity contribution in [1.29, 1.82) is 0 Å². The van der Waals surface area contributed by atoms with Gasteiger partial charge in [0.25, 0.3) is 0 Å². The highest BCUT2D eigenvalue weighted by Gasteiger charge is 2.16. The van der Waals surface area contributed by atoms with Crippen molar-refractivity contribution >= 4 is 5.57 Å². The Morgan fingerprint density at radius 3 is 2.74 bits per heavy atom. The number of nitrogens with zero attached hydrogens (tertiary/aromatic N) is 1. The minimum atomic E-state index is 0.550. The van der Waals surface area contributed by atoms with E-state index >= 15 is 0 Å². The van der Waals surface area contributed by atoms with Crippen LogP contribution < -0.4 is 0 Å². The van der Waals surface area contributed by atoms with Gasteiger partial charge in [-0.3, -0.25) is 4.98 Å². The molecule has 0 amide bonds. The number of hydrogen-bond donors (Lipinski definition) is 0. The van der Waals surface area contributed by atoms with E-state index in [9.17, 15) is 0 Å². The molecule has 1 nitrogen and oxygen atoms in total. The summed E-state index contributed by atoms with van der Waals surface area (Å²) in [5, 5.41) is 0. The van der Waals surface area contributed by atoms with Gasteiger partial charge in [-0.15, -0.1) is 0 Å². The van der Waals surface area contributed by atoms with Crippen molar-refractivity contribution in [2.75, 3.05) is 0 Å². The average molecular weight is 257 g/mol. The molecule has 0 spiro atoms. The Morgan fingerprint density at radius 2 is 2.11 bits per heavy atom. The van der Waals surface area contributed by atoms with Crippen LogP contribution in [0.4, 0.5) is 0 Å². The Kier molecular flexibility index (Phi) is 5.18. The van der Waals surface area contributed by atoms with Crippen LogP contribution in [0.25, 0.3) is 5.57 Å². The third kappa shape index (κ3) is 3.92. The van der Waals surface area contributed by atoms with Crippen molar-refractivity contribution in [2.45, 2.75) is 59.3 Å². The monoisotopic (exact) mass is 257 g/mol. The summed E-state index contributed by atoms with van der Waals surface area (Å²) in [4.78, 5) is 4.59. The second kappa shape index (κ2) is 6.88. The van der Waals surface area contributed by atoms with Gasteiger partial charge in [0.05, 0.1) is 5.69 Å². The molecule has 0 radical (unpaired) electrons. The number of rotatable bonds is 5. The zero-order valence-electron chi connectivity index (χ0n) is 12.7.